The molecule has 1 aliphatic rings. The molecule has 2 unspecified atom stereocenters. The van der Waals surface area contributed by atoms with E-state index in [0.29, 0.717) is 22.7 Å². The van der Waals surface area contributed by atoms with Gasteiger partial charge in [-0.15, -0.1) is 0 Å². The van der Waals surface area contributed by atoms with Crippen LogP contribution in [0.25, 0.3) is 10.9 Å². The molecule has 0 amide bonds. The molecule has 110 valence electrons. The second-order valence-corrected chi connectivity index (χ2v) is 5.75. The first-order valence-electron chi connectivity index (χ1n) is 7.45. The lowest BCUT2D eigenvalue weighted by Crippen LogP contribution is -2.28. The highest BCUT2D eigenvalue weighted by Gasteiger charge is 2.24. The lowest BCUT2D eigenvalue weighted by Gasteiger charge is -2.29. The number of benzene rings is 1. The molecule has 4 nitrogen and oxygen atoms in total. The Morgan fingerprint density at radius 3 is 2.81 bits per heavy atom. The molecule has 0 aliphatic heterocycles. The lowest BCUT2D eigenvalue weighted by atomic mass is 9.88. The number of pyridine rings is 1. The summed E-state index contributed by atoms with van der Waals surface area (Å²) >= 11 is 0. The number of hydrogen-bond donors (Lipinski definition) is 1. The summed E-state index contributed by atoms with van der Waals surface area (Å²) in [7, 11) is 0. The van der Waals surface area contributed by atoms with Gasteiger partial charge in [-0.1, -0.05) is 31.5 Å². The Hall–Kier alpha value is -2.10. The second-order valence-electron chi connectivity index (χ2n) is 5.75. The van der Waals surface area contributed by atoms with Crippen LogP contribution in [0.4, 0.5) is 0 Å². The molecule has 1 aliphatic carbocycles. The summed E-state index contributed by atoms with van der Waals surface area (Å²) in [6.45, 7) is 2.18. The molecule has 1 saturated carbocycles. The summed E-state index contributed by atoms with van der Waals surface area (Å²) in [5.41, 5.74) is 0.912. The van der Waals surface area contributed by atoms with Crippen molar-refractivity contribution >= 4 is 16.9 Å². The van der Waals surface area contributed by atoms with Crippen molar-refractivity contribution in [2.24, 2.45) is 5.92 Å². The Labute approximate surface area is 123 Å². The van der Waals surface area contributed by atoms with E-state index in [0.717, 1.165) is 19.3 Å². The highest BCUT2D eigenvalue weighted by atomic mass is 16.5. The van der Waals surface area contributed by atoms with E-state index in [2.05, 4.69) is 11.9 Å². The zero-order valence-corrected chi connectivity index (χ0v) is 12.1. The number of aromatic nitrogens is 1. The summed E-state index contributed by atoms with van der Waals surface area (Å²) in [6, 6.07) is 8.82. The maximum absolute atomic E-state index is 11.4. The third-order valence-electron chi connectivity index (χ3n) is 4.23. The van der Waals surface area contributed by atoms with Crippen LogP contribution >= 0.6 is 0 Å². The minimum absolute atomic E-state index is 0.133. The van der Waals surface area contributed by atoms with Crippen molar-refractivity contribution in [1.82, 2.24) is 4.98 Å². The molecule has 0 bridgehead atoms. The zero-order chi connectivity index (χ0) is 14.8. The fourth-order valence-corrected chi connectivity index (χ4v) is 3.00. The molecule has 1 aromatic heterocycles. The van der Waals surface area contributed by atoms with Gasteiger partial charge in [-0.2, -0.15) is 0 Å². The van der Waals surface area contributed by atoms with Gasteiger partial charge in [0.1, 0.15) is 6.10 Å². The van der Waals surface area contributed by atoms with Crippen LogP contribution in [0.3, 0.4) is 0 Å². The molecule has 2 aromatic rings. The van der Waals surface area contributed by atoms with E-state index in [4.69, 9.17) is 4.74 Å². The fourth-order valence-electron chi connectivity index (χ4n) is 3.00. The van der Waals surface area contributed by atoms with Crippen molar-refractivity contribution in [3.8, 4) is 5.88 Å². The van der Waals surface area contributed by atoms with Crippen molar-refractivity contribution in [3.05, 3.63) is 35.9 Å². The van der Waals surface area contributed by atoms with Crippen LogP contribution in [0.2, 0.25) is 0 Å². The number of ether oxygens (including phenoxy) is 1. The number of fused-ring (bicyclic) bond motifs is 1. The Kier molecular flexibility index (Phi) is 3.78. The molecule has 0 saturated heterocycles. The summed E-state index contributed by atoms with van der Waals surface area (Å²) < 4.78 is 5.99. The number of carboxylic acids is 1. The predicted octanol–water partition coefficient (Wildman–Crippen LogP) is 3.89. The molecule has 1 fully saturated rings. The maximum atomic E-state index is 11.4. The van der Waals surface area contributed by atoms with Crippen molar-refractivity contribution in [2.45, 2.75) is 38.7 Å². The van der Waals surface area contributed by atoms with Gasteiger partial charge in [0.25, 0.3) is 0 Å². The van der Waals surface area contributed by atoms with Crippen LogP contribution in [-0.2, 0) is 0 Å². The van der Waals surface area contributed by atoms with E-state index in [1.165, 1.54) is 6.42 Å². The lowest BCUT2D eigenvalue weighted by molar-refractivity contribution is 0.0695. The Morgan fingerprint density at radius 2 is 2.05 bits per heavy atom. The van der Waals surface area contributed by atoms with Gasteiger partial charge in [-0.05, 0) is 31.2 Å². The average Bonchev–Trinajstić information content (AvgIpc) is 2.48. The van der Waals surface area contributed by atoms with Gasteiger partial charge >= 0.3 is 5.97 Å². The first kappa shape index (κ1) is 13.9. The van der Waals surface area contributed by atoms with Gasteiger partial charge < -0.3 is 9.84 Å². The van der Waals surface area contributed by atoms with Gasteiger partial charge in [0.15, 0.2) is 0 Å². The minimum Gasteiger partial charge on any atom is -0.478 e. The molecular weight excluding hydrogens is 266 g/mol. The molecule has 0 spiro atoms. The number of carbonyl (C=O) groups is 1. The first-order valence-corrected chi connectivity index (χ1v) is 7.45. The second kappa shape index (κ2) is 5.72. The Morgan fingerprint density at radius 1 is 1.29 bits per heavy atom. The van der Waals surface area contributed by atoms with Gasteiger partial charge in [0.05, 0.1) is 11.1 Å². The third-order valence-corrected chi connectivity index (χ3v) is 4.23. The standard InChI is InChI=1S/C17H19NO3/c1-11-6-2-5-9-15(11)21-16-10-13(17(19)20)12-7-3-4-8-14(12)18-16/h3-4,7-8,10-11,15H,2,5-6,9H2,1H3,(H,19,20). The molecule has 0 radical (unpaired) electrons. The van der Waals surface area contributed by atoms with E-state index in [9.17, 15) is 9.90 Å². The molecule has 1 heterocycles. The van der Waals surface area contributed by atoms with Crippen molar-refractivity contribution in [2.75, 3.05) is 0 Å². The van der Waals surface area contributed by atoms with Gasteiger partial charge in [-0.25, -0.2) is 9.78 Å². The van der Waals surface area contributed by atoms with Crippen LogP contribution in [0, 0.1) is 5.92 Å². The molecular formula is C17H19NO3. The number of carboxylic acid groups (broad SMARTS) is 1. The predicted molar refractivity (Wildman–Crippen MR) is 80.8 cm³/mol. The van der Waals surface area contributed by atoms with Crippen LogP contribution in [0.1, 0.15) is 43.0 Å². The largest absolute Gasteiger partial charge is 0.478 e. The van der Waals surface area contributed by atoms with E-state index in [1.807, 2.05) is 18.2 Å². The number of nitrogens with zero attached hydrogens (tertiary/aromatic N) is 1. The van der Waals surface area contributed by atoms with Crippen molar-refractivity contribution in [3.63, 3.8) is 0 Å². The summed E-state index contributed by atoms with van der Waals surface area (Å²) in [4.78, 5) is 15.9. The molecule has 2 atom stereocenters. The highest BCUT2D eigenvalue weighted by molar-refractivity contribution is 6.02. The topological polar surface area (TPSA) is 59.4 Å². The van der Waals surface area contributed by atoms with E-state index < -0.39 is 5.97 Å². The minimum atomic E-state index is -0.949. The molecule has 21 heavy (non-hydrogen) atoms. The van der Waals surface area contributed by atoms with Crippen LogP contribution in [0.15, 0.2) is 30.3 Å². The monoisotopic (exact) mass is 285 g/mol. The van der Waals surface area contributed by atoms with E-state index in [-0.39, 0.29) is 11.7 Å². The van der Waals surface area contributed by atoms with Gasteiger partial charge in [-0.3, -0.25) is 0 Å². The van der Waals surface area contributed by atoms with E-state index >= 15 is 0 Å². The summed E-state index contributed by atoms with van der Waals surface area (Å²) in [5.74, 6) is -0.0414. The quantitative estimate of drug-likeness (QED) is 0.929. The summed E-state index contributed by atoms with van der Waals surface area (Å²) in [6.07, 6.45) is 4.71. The van der Waals surface area contributed by atoms with E-state index in [1.54, 1.807) is 12.1 Å². The first-order chi connectivity index (χ1) is 10.1. The number of rotatable bonds is 3. The highest BCUT2D eigenvalue weighted by Crippen LogP contribution is 2.29. The molecule has 1 N–H and O–H groups in total. The van der Waals surface area contributed by atoms with Crippen LogP contribution in [-0.4, -0.2) is 22.2 Å². The number of hydrogen-bond acceptors (Lipinski definition) is 3. The Bertz CT molecular complexity index is 668. The SMILES string of the molecule is CC1CCCCC1Oc1cc(C(=O)O)c2ccccc2n1. The van der Waals surface area contributed by atoms with Crippen LogP contribution in [0.5, 0.6) is 5.88 Å². The Balaban J connectivity index is 1.97. The number of aromatic carboxylic acids is 1. The average molecular weight is 285 g/mol. The summed E-state index contributed by atoms with van der Waals surface area (Å²) in [5, 5.41) is 10.0. The number of para-hydroxylation sites is 1. The molecule has 3 rings (SSSR count). The van der Waals surface area contributed by atoms with Crippen molar-refractivity contribution < 1.29 is 14.6 Å². The van der Waals surface area contributed by atoms with Crippen molar-refractivity contribution in [1.29, 1.82) is 0 Å². The smallest absolute Gasteiger partial charge is 0.336 e. The van der Waals surface area contributed by atoms with Crippen LogP contribution < -0.4 is 4.74 Å². The zero-order valence-electron chi connectivity index (χ0n) is 12.1. The van der Waals surface area contributed by atoms with Gasteiger partial charge in [0.2, 0.25) is 5.88 Å². The molecule has 4 heteroatoms. The maximum Gasteiger partial charge on any atom is 0.336 e. The fraction of sp³-hybridized carbons (Fsp3) is 0.412. The third kappa shape index (κ3) is 2.84. The normalized spacial score (nSPS) is 22.1. The molecule has 1 aromatic carbocycles. The van der Waals surface area contributed by atoms with Gasteiger partial charge in [0, 0.05) is 11.5 Å².